The predicted molar refractivity (Wildman–Crippen MR) is 117 cm³/mol. The summed E-state index contributed by atoms with van der Waals surface area (Å²) in [5.74, 6) is -0.0339. The first-order valence-electron chi connectivity index (χ1n) is 10.2. The van der Waals surface area contributed by atoms with E-state index in [-0.39, 0.29) is 24.1 Å². The van der Waals surface area contributed by atoms with Gasteiger partial charge in [-0.25, -0.2) is 12.7 Å². The van der Waals surface area contributed by atoms with Crippen molar-refractivity contribution < 1.29 is 13.2 Å². The number of carbonyl (C=O) groups is 1. The van der Waals surface area contributed by atoms with Crippen LogP contribution in [0.4, 0.5) is 5.69 Å². The van der Waals surface area contributed by atoms with Crippen molar-refractivity contribution in [2.45, 2.75) is 45.3 Å². The van der Waals surface area contributed by atoms with Crippen LogP contribution in [0.1, 0.15) is 49.3 Å². The van der Waals surface area contributed by atoms with Crippen molar-refractivity contribution in [2.24, 2.45) is 5.92 Å². The first kappa shape index (κ1) is 21.5. The molecule has 156 valence electrons. The van der Waals surface area contributed by atoms with Crippen LogP contribution in [-0.4, -0.2) is 31.7 Å². The van der Waals surface area contributed by atoms with E-state index in [1.54, 1.807) is 0 Å². The summed E-state index contributed by atoms with van der Waals surface area (Å²) in [6, 6.07) is 15.4. The zero-order chi connectivity index (χ0) is 21.0. The standard InChI is InChI=1S/C23H30N2O3S/c1-17(2)19-10-12-22(13-11-19)24-23(26)20-9-6-14-25(15-20)29(27,28)16-21-8-5-4-7-18(21)3/h4-5,7-8,10-13,17,20H,6,9,14-16H2,1-3H3,(H,24,26). The third-order valence-electron chi connectivity index (χ3n) is 5.59. The van der Waals surface area contributed by atoms with Gasteiger partial charge in [-0.15, -0.1) is 0 Å². The summed E-state index contributed by atoms with van der Waals surface area (Å²) >= 11 is 0. The molecule has 1 saturated heterocycles. The van der Waals surface area contributed by atoms with Crippen LogP contribution in [0.2, 0.25) is 0 Å². The minimum Gasteiger partial charge on any atom is -0.326 e. The molecule has 5 nitrogen and oxygen atoms in total. The van der Waals surface area contributed by atoms with Gasteiger partial charge in [0.1, 0.15) is 0 Å². The van der Waals surface area contributed by atoms with Crippen molar-refractivity contribution in [1.29, 1.82) is 0 Å². The highest BCUT2D eigenvalue weighted by atomic mass is 32.2. The molecule has 0 aromatic heterocycles. The highest BCUT2D eigenvalue weighted by molar-refractivity contribution is 7.88. The molecule has 1 aliphatic heterocycles. The predicted octanol–water partition coefficient (Wildman–Crippen LogP) is 4.30. The van der Waals surface area contributed by atoms with E-state index in [1.807, 2.05) is 55.5 Å². The number of rotatable bonds is 6. The molecule has 6 heteroatoms. The molecule has 0 spiro atoms. The number of benzene rings is 2. The van der Waals surface area contributed by atoms with E-state index in [0.29, 0.717) is 25.3 Å². The van der Waals surface area contributed by atoms with Crippen LogP contribution in [0.5, 0.6) is 0 Å². The lowest BCUT2D eigenvalue weighted by Crippen LogP contribution is -2.44. The monoisotopic (exact) mass is 414 g/mol. The van der Waals surface area contributed by atoms with Crippen molar-refractivity contribution in [2.75, 3.05) is 18.4 Å². The highest BCUT2D eigenvalue weighted by Crippen LogP contribution is 2.24. The number of piperidine rings is 1. The zero-order valence-electron chi connectivity index (χ0n) is 17.4. The molecule has 1 fully saturated rings. The molecule has 0 radical (unpaired) electrons. The Morgan fingerprint density at radius 3 is 2.48 bits per heavy atom. The second-order valence-electron chi connectivity index (χ2n) is 8.15. The Bertz CT molecular complexity index is 952. The van der Waals surface area contributed by atoms with E-state index in [0.717, 1.165) is 16.8 Å². The molecule has 2 aromatic rings. The number of nitrogens with one attached hydrogen (secondary N) is 1. The number of carbonyl (C=O) groups excluding carboxylic acids is 1. The van der Waals surface area contributed by atoms with E-state index in [2.05, 4.69) is 19.2 Å². The average Bonchev–Trinajstić information content (AvgIpc) is 2.70. The number of amides is 1. The maximum Gasteiger partial charge on any atom is 0.228 e. The van der Waals surface area contributed by atoms with Gasteiger partial charge in [-0.3, -0.25) is 4.79 Å². The molecule has 3 rings (SSSR count). The molecule has 0 bridgehead atoms. The fourth-order valence-electron chi connectivity index (χ4n) is 3.66. The number of hydrogen-bond acceptors (Lipinski definition) is 3. The fourth-order valence-corrected chi connectivity index (χ4v) is 5.38. The molecule has 1 unspecified atom stereocenters. The van der Waals surface area contributed by atoms with Crippen molar-refractivity contribution in [3.63, 3.8) is 0 Å². The van der Waals surface area contributed by atoms with Crippen LogP contribution in [0.3, 0.4) is 0 Å². The van der Waals surface area contributed by atoms with Crippen LogP contribution in [-0.2, 0) is 20.6 Å². The summed E-state index contributed by atoms with van der Waals surface area (Å²) in [6.45, 7) is 6.89. The minimum absolute atomic E-state index is 0.0231. The summed E-state index contributed by atoms with van der Waals surface area (Å²) < 4.78 is 27.3. The van der Waals surface area contributed by atoms with Crippen molar-refractivity contribution in [3.05, 3.63) is 65.2 Å². The van der Waals surface area contributed by atoms with E-state index in [1.165, 1.54) is 9.87 Å². The van der Waals surface area contributed by atoms with Crippen LogP contribution < -0.4 is 5.32 Å². The van der Waals surface area contributed by atoms with E-state index in [4.69, 9.17) is 0 Å². The Kier molecular flexibility index (Phi) is 6.75. The molecule has 0 saturated carbocycles. The van der Waals surface area contributed by atoms with Gasteiger partial charge in [0.15, 0.2) is 0 Å². The molecule has 1 amide bonds. The van der Waals surface area contributed by atoms with Gasteiger partial charge in [-0.1, -0.05) is 50.2 Å². The first-order chi connectivity index (χ1) is 13.8. The largest absolute Gasteiger partial charge is 0.326 e. The second kappa shape index (κ2) is 9.09. The third kappa shape index (κ3) is 5.46. The lowest BCUT2D eigenvalue weighted by Gasteiger charge is -2.31. The summed E-state index contributed by atoms with van der Waals surface area (Å²) in [6.07, 6.45) is 1.39. The molecule has 1 aliphatic rings. The summed E-state index contributed by atoms with van der Waals surface area (Å²) in [5.41, 5.74) is 3.74. The lowest BCUT2D eigenvalue weighted by molar-refractivity contribution is -0.120. The summed E-state index contributed by atoms with van der Waals surface area (Å²) in [5, 5.41) is 2.95. The number of anilines is 1. The lowest BCUT2D eigenvalue weighted by atomic mass is 9.98. The van der Waals surface area contributed by atoms with Gasteiger partial charge in [0.2, 0.25) is 15.9 Å². The van der Waals surface area contributed by atoms with Crippen LogP contribution >= 0.6 is 0 Å². The Balaban J connectivity index is 1.64. The SMILES string of the molecule is Cc1ccccc1CS(=O)(=O)N1CCCC(C(=O)Nc2ccc(C(C)C)cc2)C1. The highest BCUT2D eigenvalue weighted by Gasteiger charge is 2.32. The zero-order valence-corrected chi connectivity index (χ0v) is 18.2. The van der Waals surface area contributed by atoms with Gasteiger partial charge in [-0.2, -0.15) is 0 Å². The van der Waals surface area contributed by atoms with E-state index >= 15 is 0 Å². The Morgan fingerprint density at radius 1 is 1.14 bits per heavy atom. The topological polar surface area (TPSA) is 66.5 Å². The number of aryl methyl sites for hydroxylation is 1. The minimum atomic E-state index is -3.46. The molecule has 1 heterocycles. The van der Waals surface area contributed by atoms with E-state index < -0.39 is 10.0 Å². The Labute approximate surface area is 174 Å². The molecule has 29 heavy (non-hydrogen) atoms. The van der Waals surface area contributed by atoms with Gasteiger partial charge in [-0.05, 0) is 54.5 Å². The van der Waals surface area contributed by atoms with Gasteiger partial charge >= 0.3 is 0 Å². The fraction of sp³-hybridized carbons (Fsp3) is 0.435. The van der Waals surface area contributed by atoms with Gasteiger partial charge in [0, 0.05) is 18.8 Å². The Morgan fingerprint density at radius 2 is 1.83 bits per heavy atom. The van der Waals surface area contributed by atoms with Gasteiger partial charge < -0.3 is 5.32 Å². The third-order valence-corrected chi connectivity index (χ3v) is 7.39. The van der Waals surface area contributed by atoms with Crippen LogP contribution in [0.25, 0.3) is 0 Å². The molecule has 1 N–H and O–H groups in total. The van der Waals surface area contributed by atoms with E-state index in [9.17, 15) is 13.2 Å². The first-order valence-corrected chi connectivity index (χ1v) is 11.8. The van der Waals surface area contributed by atoms with Crippen molar-refractivity contribution in [1.82, 2.24) is 4.31 Å². The van der Waals surface area contributed by atoms with Crippen LogP contribution in [0.15, 0.2) is 48.5 Å². The smallest absolute Gasteiger partial charge is 0.228 e. The molecular formula is C23H30N2O3S. The van der Waals surface area contributed by atoms with Crippen LogP contribution in [0, 0.1) is 12.8 Å². The molecule has 0 aliphatic carbocycles. The van der Waals surface area contributed by atoms with Gasteiger partial charge in [0.05, 0.1) is 11.7 Å². The van der Waals surface area contributed by atoms with Crippen molar-refractivity contribution in [3.8, 4) is 0 Å². The summed E-state index contributed by atoms with van der Waals surface area (Å²) in [4.78, 5) is 12.7. The summed E-state index contributed by atoms with van der Waals surface area (Å²) in [7, 11) is -3.46. The molecular weight excluding hydrogens is 384 g/mol. The maximum atomic E-state index is 12.9. The number of nitrogens with zero attached hydrogens (tertiary/aromatic N) is 1. The van der Waals surface area contributed by atoms with Gasteiger partial charge in [0.25, 0.3) is 0 Å². The number of sulfonamides is 1. The average molecular weight is 415 g/mol. The normalized spacial score (nSPS) is 18.0. The molecule has 1 atom stereocenters. The quantitative estimate of drug-likeness (QED) is 0.766. The van der Waals surface area contributed by atoms with Crippen molar-refractivity contribution >= 4 is 21.6 Å². The molecule has 2 aromatic carbocycles. The second-order valence-corrected chi connectivity index (χ2v) is 10.1. The Hall–Kier alpha value is -2.18. The number of hydrogen-bond donors (Lipinski definition) is 1. The maximum absolute atomic E-state index is 12.9.